The van der Waals surface area contributed by atoms with Crippen LogP contribution in [0.1, 0.15) is 36.2 Å². The van der Waals surface area contributed by atoms with E-state index in [0.29, 0.717) is 30.5 Å². The van der Waals surface area contributed by atoms with E-state index in [2.05, 4.69) is 19.2 Å². The molecule has 0 bridgehead atoms. The summed E-state index contributed by atoms with van der Waals surface area (Å²) in [5.41, 5.74) is 2.14. The number of hydrogen-bond donors (Lipinski definition) is 1. The van der Waals surface area contributed by atoms with Crippen molar-refractivity contribution >= 4 is 21.6 Å². The third kappa shape index (κ3) is 4.39. The molecule has 1 N–H and O–H groups in total. The Morgan fingerprint density at radius 2 is 1.59 bits per heavy atom. The minimum atomic E-state index is -3.53. The number of carbonyl (C=O) groups excluding carboxylic acids is 1. The lowest BCUT2D eigenvalue weighted by atomic mass is 9.94. The topological polar surface area (TPSA) is 66.5 Å². The summed E-state index contributed by atoms with van der Waals surface area (Å²) in [6.45, 7) is 7.17. The zero-order valence-corrected chi connectivity index (χ0v) is 16.8. The monoisotopic (exact) mass is 386 g/mol. The van der Waals surface area contributed by atoms with Gasteiger partial charge in [0.15, 0.2) is 0 Å². The van der Waals surface area contributed by atoms with E-state index in [0.717, 1.165) is 17.7 Å². The zero-order valence-electron chi connectivity index (χ0n) is 16.0. The predicted molar refractivity (Wildman–Crippen MR) is 107 cm³/mol. The van der Waals surface area contributed by atoms with Crippen LogP contribution in [-0.2, 0) is 10.0 Å². The second kappa shape index (κ2) is 7.82. The highest BCUT2D eigenvalue weighted by atomic mass is 32.2. The molecule has 27 heavy (non-hydrogen) atoms. The van der Waals surface area contributed by atoms with Crippen molar-refractivity contribution in [3.05, 3.63) is 59.7 Å². The number of para-hydroxylation sites is 1. The zero-order chi connectivity index (χ0) is 19.6. The number of amides is 1. The van der Waals surface area contributed by atoms with Gasteiger partial charge in [-0.1, -0.05) is 32.0 Å². The quantitative estimate of drug-likeness (QED) is 0.866. The maximum atomic E-state index is 12.9. The first-order valence-corrected chi connectivity index (χ1v) is 10.7. The predicted octanol–water partition coefficient (Wildman–Crippen LogP) is 3.91. The number of aryl methyl sites for hydroxylation is 1. The minimum Gasteiger partial charge on any atom is -0.322 e. The molecule has 0 aromatic heterocycles. The van der Waals surface area contributed by atoms with Crippen LogP contribution < -0.4 is 5.32 Å². The Morgan fingerprint density at radius 3 is 2.19 bits per heavy atom. The molecule has 5 nitrogen and oxygen atoms in total. The van der Waals surface area contributed by atoms with E-state index in [1.165, 1.54) is 12.1 Å². The van der Waals surface area contributed by atoms with Crippen LogP contribution in [0.5, 0.6) is 0 Å². The molecule has 1 saturated heterocycles. The van der Waals surface area contributed by atoms with Gasteiger partial charge in [-0.2, -0.15) is 4.31 Å². The third-order valence-corrected chi connectivity index (χ3v) is 6.83. The van der Waals surface area contributed by atoms with Gasteiger partial charge in [-0.3, -0.25) is 4.79 Å². The second-order valence-electron chi connectivity index (χ2n) is 7.56. The van der Waals surface area contributed by atoms with Crippen molar-refractivity contribution in [3.8, 4) is 0 Å². The van der Waals surface area contributed by atoms with Crippen LogP contribution in [0.4, 0.5) is 5.69 Å². The highest BCUT2D eigenvalue weighted by molar-refractivity contribution is 7.89. The van der Waals surface area contributed by atoms with E-state index < -0.39 is 10.0 Å². The average Bonchev–Trinajstić information content (AvgIpc) is 2.63. The highest BCUT2D eigenvalue weighted by Crippen LogP contribution is 2.27. The molecular formula is C21H26N2O3S. The van der Waals surface area contributed by atoms with Gasteiger partial charge in [-0.05, 0) is 61.1 Å². The van der Waals surface area contributed by atoms with Crippen LogP contribution in [0, 0.1) is 18.8 Å². The summed E-state index contributed by atoms with van der Waals surface area (Å²) < 4.78 is 27.4. The number of benzene rings is 2. The molecule has 1 heterocycles. The Labute approximate surface area is 161 Å². The lowest BCUT2D eigenvalue weighted by molar-refractivity contribution is 0.102. The van der Waals surface area contributed by atoms with E-state index in [1.54, 1.807) is 16.4 Å². The average molecular weight is 387 g/mol. The Kier molecular flexibility index (Phi) is 5.67. The normalized spacial score (nSPS) is 21.0. The van der Waals surface area contributed by atoms with Crippen molar-refractivity contribution < 1.29 is 13.2 Å². The fraction of sp³-hybridized carbons (Fsp3) is 0.381. The lowest BCUT2D eigenvalue weighted by Crippen LogP contribution is -2.42. The summed E-state index contributed by atoms with van der Waals surface area (Å²) in [5.74, 6) is 0.443. The van der Waals surface area contributed by atoms with Crippen LogP contribution in [0.2, 0.25) is 0 Å². The number of hydrogen-bond acceptors (Lipinski definition) is 3. The SMILES string of the molecule is Cc1ccccc1NC(=O)c1ccc(S(=O)(=O)N2C[C@H](C)C[C@@H](C)C2)cc1. The van der Waals surface area contributed by atoms with Gasteiger partial charge in [0.05, 0.1) is 4.90 Å². The number of piperidine rings is 1. The second-order valence-corrected chi connectivity index (χ2v) is 9.50. The molecule has 2 atom stereocenters. The molecule has 0 unspecified atom stereocenters. The van der Waals surface area contributed by atoms with Gasteiger partial charge >= 0.3 is 0 Å². The van der Waals surface area contributed by atoms with Gasteiger partial charge < -0.3 is 5.32 Å². The Balaban J connectivity index is 1.76. The van der Waals surface area contributed by atoms with Crippen LogP contribution in [-0.4, -0.2) is 31.7 Å². The van der Waals surface area contributed by atoms with Gasteiger partial charge in [0.2, 0.25) is 10.0 Å². The van der Waals surface area contributed by atoms with E-state index >= 15 is 0 Å². The van der Waals surface area contributed by atoms with Crippen LogP contribution in [0.15, 0.2) is 53.4 Å². The molecule has 3 rings (SSSR count). The van der Waals surface area contributed by atoms with Gasteiger partial charge in [-0.15, -0.1) is 0 Å². The van der Waals surface area contributed by atoms with Gasteiger partial charge in [-0.25, -0.2) is 8.42 Å². The summed E-state index contributed by atoms with van der Waals surface area (Å²) >= 11 is 0. The number of anilines is 1. The van der Waals surface area contributed by atoms with Gasteiger partial charge in [0, 0.05) is 24.3 Å². The lowest BCUT2D eigenvalue weighted by Gasteiger charge is -2.34. The summed E-state index contributed by atoms with van der Waals surface area (Å²) in [6, 6.07) is 13.7. The van der Waals surface area contributed by atoms with E-state index in [4.69, 9.17) is 0 Å². The van der Waals surface area contributed by atoms with E-state index in [1.807, 2.05) is 31.2 Å². The van der Waals surface area contributed by atoms with Crippen LogP contribution >= 0.6 is 0 Å². The number of carbonyl (C=O) groups is 1. The molecule has 1 aliphatic rings. The van der Waals surface area contributed by atoms with Crippen molar-refractivity contribution in [2.45, 2.75) is 32.1 Å². The minimum absolute atomic E-state index is 0.233. The molecule has 144 valence electrons. The maximum Gasteiger partial charge on any atom is 0.255 e. The summed E-state index contributed by atoms with van der Waals surface area (Å²) in [5, 5.41) is 2.86. The molecule has 2 aromatic rings. The maximum absolute atomic E-state index is 12.9. The number of sulfonamides is 1. The Hall–Kier alpha value is -2.18. The molecule has 0 aliphatic carbocycles. The number of nitrogens with zero attached hydrogens (tertiary/aromatic N) is 1. The molecule has 1 amide bonds. The van der Waals surface area contributed by atoms with Crippen molar-refractivity contribution in [1.29, 1.82) is 0 Å². The molecule has 0 spiro atoms. The fourth-order valence-corrected chi connectivity index (χ4v) is 5.32. The van der Waals surface area contributed by atoms with Crippen molar-refractivity contribution in [3.63, 3.8) is 0 Å². The third-order valence-electron chi connectivity index (χ3n) is 4.98. The molecule has 1 aliphatic heterocycles. The standard InChI is InChI=1S/C21H26N2O3S/c1-15-12-16(2)14-23(13-15)27(25,26)19-10-8-18(9-11-19)21(24)22-20-7-5-4-6-17(20)3/h4-11,15-16H,12-14H2,1-3H3,(H,22,24)/t15-,16-/m1/s1. The van der Waals surface area contributed by atoms with Crippen molar-refractivity contribution in [1.82, 2.24) is 4.31 Å². The van der Waals surface area contributed by atoms with Crippen molar-refractivity contribution in [2.75, 3.05) is 18.4 Å². The van der Waals surface area contributed by atoms with E-state index in [-0.39, 0.29) is 10.8 Å². The number of rotatable bonds is 4. The largest absolute Gasteiger partial charge is 0.322 e. The summed E-state index contributed by atoms with van der Waals surface area (Å²) in [4.78, 5) is 12.7. The Morgan fingerprint density at radius 1 is 1.00 bits per heavy atom. The van der Waals surface area contributed by atoms with Crippen LogP contribution in [0.3, 0.4) is 0 Å². The van der Waals surface area contributed by atoms with Crippen molar-refractivity contribution in [2.24, 2.45) is 11.8 Å². The first-order chi connectivity index (χ1) is 12.8. The molecular weight excluding hydrogens is 360 g/mol. The number of nitrogens with one attached hydrogen (secondary N) is 1. The summed E-state index contributed by atoms with van der Waals surface area (Å²) in [7, 11) is -3.53. The van der Waals surface area contributed by atoms with E-state index in [9.17, 15) is 13.2 Å². The molecule has 6 heteroatoms. The first kappa shape index (κ1) is 19.6. The molecule has 0 radical (unpaired) electrons. The first-order valence-electron chi connectivity index (χ1n) is 9.24. The smallest absolute Gasteiger partial charge is 0.255 e. The molecule has 1 fully saturated rings. The molecule has 2 aromatic carbocycles. The van der Waals surface area contributed by atoms with Gasteiger partial charge in [0.25, 0.3) is 5.91 Å². The van der Waals surface area contributed by atoms with Gasteiger partial charge in [0.1, 0.15) is 0 Å². The fourth-order valence-electron chi connectivity index (χ4n) is 3.64. The highest BCUT2D eigenvalue weighted by Gasteiger charge is 2.31. The Bertz CT molecular complexity index is 913. The van der Waals surface area contributed by atoms with Crippen LogP contribution in [0.25, 0.3) is 0 Å². The summed E-state index contributed by atoms with van der Waals surface area (Å²) in [6.07, 6.45) is 1.05. The molecule has 0 saturated carbocycles.